The van der Waals surface area contributed by atoms with Gasteiger partial charge in [0, 0.05) is 18.0 Å². The van der Waals surface area contributed by atoms with Crippen LogP contribution in [0.2, 0.25) is 0 Å². The summed E-state index contributed by atoms with van der Waals surface area (Å²) in [4.78, 5) is 7.13. The lowest BCUT2D eigenvalue weighted by Crippen LogP contribution is -2.41. The first-order chi connectivity index (χ1) is 12.0. The molecule has 0 spiro atoms. The number of fused-ring (bicyclic) bond motifs is 1. The van der Waals surface area contributed by atoms with Crippen LogP contribution in [0.3, 0.4) is 0 Å². The average molecular weight is 347 g/mol. The number of benzene rings is 1. The highest BCUT2D eigenvalue weighted by molar-refractivity contribution is 5.78. The molecule has 1 aliphatic rings. The monoisotopic (exact) mass is 346 g/mol. The lowest BCUT2D eigenvalue weighted by atomic mass is 10.0. The van der Waals surface area contributed by atoms with Crippen LogP contribution in [-0.4, -0.2) is 43.1 Å². The van der Waals surface area contributed by atoms with Crippen molar-refractivity contribution >= 4 is 5.96 Å². The second-order valence-corrected chi connectivity index (χ2v) is 7.10. The summed E-state index contributed by atoms with van der Waals surface area (Å²) >= 11 is 0. The summed E-state index contributed by atoms with van der Waals surface area (Å²) in [5.74, 6) is 2.12. The van der Waals surface area contributed by atoms with Crippen LogP contribution in [0.25, 0.3) is 0 Å². The molecule has 1 heterocycles. The zero-order chi connectivity index (χ0) is 18.2. The quantitative estimate of drug-likeness (QED) is 0.561. The Kier molecular flexibility index (Phi) is 7.56. The third kappa shape index (κ3) is 5.63. The maximum Gasteiger partial charge on any atom is 0.189 e. The van der Waals surface area contributed by atoms with Crippen LogP contribution in [0.5, 0.6) is 5.75 Å². The van der Waals surface area contributed by atoms with Crippen LogP contribution < -0.4 is 15.8 Å². The number of aliphatic imine (C=N–C) groups is 1. The zero-order valence-electron chi connectivity index (χ0n) is 16.2. The van der Waals surface area contributed by atoms with E-state index >= 15 is 0 Å². The van der Waals surface area contributed by atoms with E-state index in [1.165, 1.54) is 0 Å². The van der Waals surface area contributed by atoms with Gasteiger partial charge in [0.15, 0.2) is 5.96 Å². The Bertz CT molecular complexity index is 554. The van der Waals surface area contributed by atoms with Crippen LogP contribution in [0.15, 0.2) is 29.3 Å². The molecule has 0 saturated carbocycles. The first-order valence-electron chi connectivity index (χ1n) is 9.57. The van der Waals surface area contributed by atoms with Crippen LogP contribution in [0, 0.1) is 5.92 Å². The molecule has 2 atom stereocenters. The second kappa shape index (κ2) is 9.66. The fourth-order valence-corrected chi connectivity index (χ4v) is 3.54. The Morgan fingerprint density at radius 2 is 2.04 bits per heavy atom. The van der Waals surface area contributed by atoms with E-state index in [9.17, 15) is 0 Å². The third-order valence-corrected chi connectivity index (χ3v) is 4.83. The molecule has 1 aromatic rings. The minimum atomic E-state index is 0.172. The molecule has 1 aromatic carbocycles. The number of ether oxygens (including phenoxy) is 1. The third-order valence-electron chi connectivity index (χ3n) is 4.83. The number of guanidine groups is 1. The lowest BCUT2D eigenvalue weighted by molar-refractivity contribution is 0.196. The molecular weight excluding hydrogens is 312 g/mol. The van der Waals surface area contributed by atoms with Gasteiger partial charge in [-0.3, -0.25) is 9.89 Å². The molecule has 0 amide bonds. The predicted molar refractivity (Wildman–Crippen MR) is 105 cm³/mol. The highest BCUT2D eigenvalue weighted by atomic mass is 16.5. The fraction of sp³-hybridized carbons (Fsp3) is 0.650. The van der Waals surface area contributed by atoms with Crippen molar-refractivity contribution in [2.75, 3.05) is 26.2 Å². The van der Waals surface area contributed by atoms with Gasteiger partial charge in [-0.25, -0.2) is 0 Å². The largest absolute Gasteiger partial charge is 0.493 e. The van der Waals surface area contributed by atoms with Gasteiger partial charge in [-0.15, -0.1) is 0 Å². The van der Waals surface area contributed by atoms with E-state index in [1.54, 1.807) is 0 Å². The molecule has 25 heavy (non-hydrogen) atoms. The molecule has 2 rings (SSSR count). The van der Waals surface area contributed by atoms with E-state index in [-0.39, 0.29) is 6.04 Å². The molecule has 0 aliphatic carbocycles. The second-order valence-electron chi connectivity index (χ2n) is 7.10. The normalized spacial score (nSPS) is 18.8. The van der Waals surface area contributed by atoms with Crippen LogP contribution in [0.4, 0.5) is 0 Å². The Hall–Kier alpha value is -1.75. The van der Waals surface area contributed by atoms with Crippen molar-refractivity contribution in [2.24, 2.45) is 16.6 Å². The van der Waals surface area contributed by atoms with Crippen molar-refractivity contribution in [2.45, 2.75) is 52.6 Å². The van der Waals surface area contributed by atoms with Gasteiger partial charge in [-0.2, -0.15) is 0 Å². The van der Waals surface area contributed by atoms with Crippen LogP contribution in [0.1, 0.15) is 52.1 Å². The topological polar surface area (TPSA) is 62.9 Å². The van der Waals surface area contributed by atoms with E-state index in [4.69, 9.17) is 10.5 Å². The van der Waals surface area contributed by atoms with Crippen LogP contribution in [-0.2, 0) is 0 Å². The number of hydrogen-bond donors (Lipinski definition) is 2. The molecule has 0 bridgehead atoms. The summed E-state index contributed by atoms with van der Waals surface area (Å²) in [5.41, 5.74) is 7.36. The molecule has 2 unspecified atom stereocenters. The molecule has 0 radical (unpaired) electrons. The number of likely N-dealkylation sites (N-methyl/N-ethyl adjacent to an activating group) is 1. The zero-order valence-corrected chi connectivity index (χ0v) is 16.2. The summed E-state index contributed by atoms with van der Waals surface area (Å²) in [6, 6.07) is 8.75. The summed E-state index contributed by atoms with van der Waals surface area (Å²) in [6.45, 7) is 12.5. The number of nitrogens with two attached hydrogens (primary N) is 1. The summed E-state index contributed by atoms with van der Waals surface area (Å²) < 4.78 is 5.71. The number of nitrogens with one attached hydrogen (secondary N) is 1. The first kappa shape index (κ1) is 19.6. The highest BCUT2D eigenvalue weighted by Crippen LogP contribution is 2.31. The smallest absolute Gasteiger partial charge is 0.189 e. The first-order valence-corrected chi connectivity index (χ1v) is 9.57. The Morgan fingerprint density at radius 1 is 1.32 bits per heavy atom. The molecular formula is C20H34N4O. The Balaban J connectivity index is 2.00. The molecule has 0 fully saturated rings. The van der Waals surface area contributed by atoms with Gasteiger partial charge in [0.2, 0.25) is 0 Å². The maximum atomic E-state index is 6.20. The van der Waals surface area contributed by atoms with E-state index in [0.29, 0.717) is 24.5 Å². The van der Waals surface area contributed by atoms with Gasteiger partial charge in [0.25, 0.3) is 0 Å². The molecule has 5 nitrogen and oxygen atoms in total. The summed E-state index contributed by atoms with van der Waals surface area (Å²) in [7, 11) is 0. The van der Waals surface area contributed by atoms with Gasteiger partial charge in [0.1, 0.15) is 5.75 Å². The average Bonchev–Trinajstić information content (AvgIpc) is 2.60. The van der Waals surface area contributed by atoms with E-state index < -0.39 is 0 Å². The minimum absolute atomic E-state index is 0.172. The molecule has 0 aromatic heterocycles. The number of rotatable bonds is 8. The van der Waals surface area contributed by atoms with Crippen LogP contribution >= 0.6 is 0 Å². The van der Waals surface area contributed by atoms with Gasteiger partial charge in [-0.05, 0) is 31.5 Å². The molecule has 1 aliphatic heterocycles. The summed E-state index contributed by atoms with van der Waals surface area (Å²) in [5, 5.41) is 3.39. The van der Waals surface area contributed by atoms with Gasteiger partial charge in [-0.1, -0.05) is 45.9 Å². The van der Waals surface area contributed by atoms with Crippen molar-refractivity contribution in [3.63, 3.8) is 0 Å². The fourth-order valence-electron chi connectivity index (χ4n) is 3.54. The number of para-hydroxylation sites is 1. The van der Waals surface area contributed by atoms with Gasteiger partial charge in [0.05, 0.1) is 19.2 Å². The minimum Gasteiger partial charge on any atom is -0.493 e. The maximum absolute atomic E-state index is 6.20. The molecule has 5 heteroatoms. The Labute approximate surface area is 152 Å². The molecule has 140 valence electrons. The standard InChI is InChI=1S/C20H34N4O/c1-5-24(6-2)16(13-15(3)4)14-22-20(21)23-18-11-12-25-19-10-8-7-9-17(18)19/h7-10,15-16,18H,5-6,11-14H2,1-4H3,(H3,21,22,23). The van der Waals surface area contributed by atoms with Crippen molar-refractivity contribution in [1.29, 1.82) is 0 Å². The van der Waals surface area contributed by atoms with Crippen molar-refractivity contribution < 1.29 is 4.74 Å². The Morgan fingerprint density at radius 3 is 2.72 bits per heavy atom. The van der Waals surface area contributed by atoms with E-state index in [0.717, 1.165) is 43.8 Å². The number of hydrogen-bond acceptors (Lipinski definition) is 3. The highest BCUT2D eigenvalue weighted by Gasteiger charge is 2.22. The number of nitrogens with zero attached hydrogens (tertiary/aromatic N) is 2. The lowest BCUT2D eigenvalue weighted by Gasteiger charge is -2.30. The van der Waals surface area contributed by atoms with Crippen molar-refractivity contribution in [3.8, 4) is 5.75 Å². The van der Waals surface area contributed by atoms with Gasteiger partial charge >= 0.3 is 0 Å². The van der Waals surface area contributed by atoms with E-state index in [2.05, 4.69) is 49.0 Å². The SMILES string of the molecule is CCN(CC)C(CN=C(N)NC1CCOc2ccccc21)CC(C)C. The molecule has 0 saturated heterocycles. The van der Waals surface area contributed by atoms with Crippen molar-refractivity contribution in [1.82, 2.24) is 10.2 Å². The summed E-state index contributed by atoms with van der Waals surface area (Å²) in [6.07, 6.45) is 2.04. The van der Waals surface area contributed by atoms with Gasteiger partial charge < -0.3 is 15.8 Å². The molecule has 3 N–H and O–H groups in total. The predicted octanol–water partition coefficient (Wildman–Crippen LogP) is 3.17. The van der Waals surface area contributed by atoms with Crippen molar-refractivity contribution in [3.05, 3.63) is 29.8 Å². The van der Waals surface area contributed by atoms with E-state index in [1.807, 2.05) is 18.2 Å².